The molecular weight excluding hydrogens is 340 g/mol. The molecule has 0 radical (unpaired) electrons. The van der Waals surface area contributed by atoms with Gasteiger partial charge in [-0.15, -0.1) is 0 Å². The van der Waals surface area contributed by atoms with Crippen LogP contribution in [0.1, 0.15) is 48.7 Å². The molecule has 6 nitrogen and oxygen atoms in total. The number of aryl methyl sites for hydroxylation is 2. The molecule has 1 aromatic heterocycles. The van der Waals surface area contributed by atoms with E-state index in [0.717, 1.165) is 37.0 Å². The van der Waals surface area contributed by atoms with Crippen molar-refractivity contribution in [2.75, 3.05) is 13.7 Å². The van der Waals surface area contributed by atoms with Gasteiger partial charge in [-0.05, 0) is 44.4 Å². The Kier molecular flexibility index (Phi) is 5.15. The van der Waals surface area contributed by atoms with Crippen molar-refractivity contribution >= 4 is 10.0 Å². The minimum Gasteiger partial charge on any atom is -0.497 e. The molecule has 1 aliphatic heterocycles. The van der Waals surface area contributed by atoms with Crippen LogP contribution >= 0.6 is 0 Å². The minimum absolute atomic E-state index is 0.188. The molecule has 1 fully saturated rings. The summed E-state index contributed by atoms with van der Waals surface area (Å²) in [7, 11) is -2.05. The highest BCUT2D eigenvalue weighted by atomic mass is 32.2. The third-order valence-electron chi connectivity index (χ3n) is 4.74. The molecule has 1 aromatic carbocycles. The van der Waals surface area contributed by atoms with Crippen molar-refractivity contribution in [3.8, 4) is 5.75 Å². The van der Waals surface area contributed by atoms with Crippen molar-refractivity contribution in [1.82, 2.24) is 9.46 Å². The molecule has 0 saturated carbocycles. The number of hydrogen-bond acceptors (Lipinski definition) is 5. The number of methoxy groups -OCH3 is 1. The van der Waals surface area contributed by atoms with Gasteiger partial charge in [0.05, 0.1) is 13.2 Å². The van der Waals surface area contributed by atoms with Gasteiger partial charge in [-0.1, -0.05) is 30.1 Å². The Morgan fingerprint density at radius 1 is 1.16 bits per heavy atom. The average Bonchev–Trinajstić information content (AvgIpc) is 2.81. The second-order valence-electron chi connectivity index (χ2n) is 6.41. The fraction of sp³-hybridized carbons (Fsp3) is 0.500. The summed E-state index contributed by atoms with van der Waals surface area (Å²) >= 11 is 0. The summed E-state index contributed by atoms with van der Waals surface area (Å²) in [5.41, 5.74) is 1.40. The Hall–Kier alpha value is -1.86. The average molecular weight is 364 g/mol. The number of rotatable bonds is 4. The summed E-state index contributed by atoms with van der Waals surface area (Å²) in [5.74, 6) is 1.10. The zero-order valence-electron chi connectivity index (χ0n) is 14.9. The predicted molar refractivity (Wildman–Crippen MR) is 94.1 cm³/mol. The Morgan fingerprint density at radius 3 is 2.48 bits per heavy atom. The van der Waals surface area contributed by atoms with Gasteiger partial charge in [0.1, 0.15) is 16.3 Å². The van der Waals surface area contributed by atoms with Gasteiger partial charge in [0.25, 0.3) is 0 Å². The molecule has 0 N–H and O–H groups in total. The van der Waals surface area contributed by atoms with E-state index in [9.17, 15) is 8.42 Å². The topological polar surface area (TPSA) is 72.6 Å². The zero-order valence-corrected chi connectivity index (χ0v) is 15.7. The molecule has 136 valence electrons. The molecule has 1 atom stereocenters. The molecule has 0 bridgehead atoms. The van der Waals surface area contributed by atoms with E-state index < -0.39 is 10.0 Å². The molecule has 0 spiro atoms. The molecule has 7 heteroatoms. The van der Waals surface area contributed by atoms with Crippen LogP contribution in [0, 0.1) is 13.8 Å². The fourth-order valence-electron chi connectivity index (χ4n) is 3.49. The van der Waals surface area contributed by atoms with Crippen LogP contribution < -0.4 is 4.74 Å². The van der Waals surface area contributed by atoms with Crippen molar-refractivity contribution < 1.29 is 17.7 Å². The number of sulfonamides is 1. The molecule has 1 saturated heterocycles. The summed E-state index contributed by atoms with van der Waals surface area (Å²) in [4.78, 5) is 0.202. The molecule has 2 heterocycles. The second-order valence-corrected chi connectivity index (χ2v) is 8.23. The summed E-state index contributed by atoms with van der Waals surface area (Å²) in [6.07, 6.45) is 3.69. The highest BCUT2D eigenvalue weighted by Crippen LogP contribution is 2.36. The first-order valence-corrected chi connectivity index (χ1v) is 9.98. The van der Waals surface area contributed by atoms with E-state index in [0.29, 0.717) is 18.0 Å². The number of benzene rings is 1. The molecule has 0 amide bonds. The summed E-state index contributed by atoms with van der Waals surface area (Å²) in [6, 6.07) is 7.46. The van der Waals surface area contributed by atoms with Crippen molar-refractivity contribution in [2.24, 2.45) is 0 Å². The van der Waals surface area contributed by atoms with Crippen LogP contribution in [0.4, 0.5) is 0 Å². The van der Waals surface area contributed by atoms with Gasteiger partial charge < -0.3 is 9.26 Å². The lowest BCUT2D eigenvalue weighted by Gasteiger charge is -2.29. The van der Waals surface area contributed by atoms with Crippen LogP contribution in [0.3, 0.4) is 0 Å². The first kappa shape index (κ1) is 17.9. The molecule has 2 aromatic rings. The van der Waals surface area contributed by atoms with E-state index in [1.807, 2.05) is 24.3 Å². The monoisotopic (exact) mass is 364 g/mol. The van der Waals surface area contributed by atoms with Crippen LogP contribution in [-0.4, -0.2) is 31.5 Å². The van der Waals surface area contributed by atoms with E-state index >= 15 is 0 Å². The summed E-state index contributed by atoms with van der Waals surface area (Å²) in [6.45, 7) is 3.82. The highest BCUT2D eigenvalue weighted by Gasteiger charge is 2.37. The smallest absolute Gasteiger partial charge is 0.249 e. The van der Waals surface area contributed by atoms with Crippen LogP contribution in [0.15, 0.2) is 33.7 Å². The van der Waals surface area contributed by atoms with Crippen molar-refractivity contribution in [2.45, 2.75) is 50.5 Å². The van der Waals surface area contributed by atoms with Gasteiger partial charge >= 0.3 is 0 Å². The van der Waals surface area contributed by atoms with Crippen LogP contribution in [0.25, 0.3) is 0 Å². The molecule has 0 aliphatic carbocycles. The van der Waals surface area contributed by atoms with E-state index in [1.54, 1.807) is 25.3 Å². The number of aromatic nitrogens is 1. The van der Waals surface area contributed by atoms with Crippen molar-refractivity contribution in [3.05, 3.63) is 41.3 Å². The fourth-order valence-corrected chi connectivity index (χ4v) is 5.47. The third kappa shape index (κ3) is 3.43. The van der Waals surface area contributed by atoms with E-state index in [1.165, 1.54) is 0 Å². The van der Waals surface area contributed by atoms with Crippen molar-refractivity contribution in [1.29, 1.82) is 0 Å². The number of hydrogen-bond donors (Lipinski definition) is 0. The van der Waals surface area contributed by atoms with Crippen LogP contribution in [0.5, 0.6) is 5.75 Å². The number of ether oxygens (including phenoxy) is 1. The van der Waals surface area contributed by atoms with Crippen LogP contribution in [0.2, 0.25) is 0 Å². The maximum atomic E-state index is 13.4. The maximum Gasteiger partial charge on any atom is 0.249 e. The van der Waals surface area contributed by atoms with Gasteiger partial charge in [0.15, 0.2) is 5.76 Å². The largest absolute Gasteiger partial charge is 0.497 e. The molecule has 1 aliphatic rings. The van der Waals surface area contributed by atoms with E-state index in [-0.39, 0.29) is 10.9 Å². The summed E-state index contributed by atoms with van der Waals surface area (Å²) in [5, 5.41) is 3.82. The van der Waals surface area contributed by atoms with Gasteiger partial charge in [-0.25, -0.2) is 8.42 Å². The predicted octanol–water partition coefficient (Wildman–Crippen LogP) is 3.61. The minimum atomic E-state index is -3.67. The van der Waals surface area contributed by atoms with Gasteiger partial charge in [0.2, 0.25) is 10.0 Å². The lowest BCUT2D eigenvalue weighted by atomic mass is 10.0. The third-order valence-corrected chi connectivity index (χ3v) is 6.89. The molecule has 25 heavy (non-hydrogen) atoms. The Bertz CT molecular complexity index is 808. The Labute approximate surface area is 148 Å². The SMILES string of the molecule is COc1ccc(C2CCCCCN2S(=O)(=O)c2c(C)noc2C)cc1. The molecule has 3 rings (SSSR count). The highest BCUT2D eigenvalue weighted by molar-refractivity contribution is 7.89. The van der Waals surface area contributed by atoms with E-state index in [2.05, 4.69) is 5.16 Å². The maximum absolute atomic E-state index is 13.4. The number of nitrogens with zero attached hydrogens (tertiary/aromatic N) is 2. The lowest BCUT2D eigenvalue weighted by molar-refractivity contribution is 0.327. The van der Waals surface area contributed by atoms with Gasteiger partial charge in [-0.2, -0.15) is 4.31 Å². The molecular formula is C18H24N2O4S. The second kappa shape index (κ2) is 7.17. The first-order valence-electron chi connectivity index (χ1n) is 8.54. The summed E-state index contributed by atoms with van der Waals surface area (Å²) < 4.78 is 38.6. The van der Waals surface area contributed by atoms with Crippen LogP contribution in [-0.2, 0) is 10.0 Å². The first-order chi connectivity index (χ1) is 11.9. The standard InChI is InChI=1S/C18H24N2O4S/c1-13-18(14(2)24-19-13)25(21,22)20-12-6-4-5-7-17(20)15-8-10-16(23-3)11-9-15/h8-11,17H,4-7,12H2,1-3H3. The lowest BCUT2D eigenvalue weighted by Crippen LogP contribution is -2.35. The van der Waals surface area contributed by atoms with Gasteiger partial charge in [-0.3, -0.25) is 0 Å². The quantitative estimate of drug-likeness (QED) is 0.829. The van der Waals surface area contributed by atoms with Crippen molar-refractivity contribution in [3.63, 3.8) is 0 Å². The normalized spacial score (nSPS) is 19.6. The Morgan fingerprint density at radius 2 is 1.88 bits per heavy atom. The molecule has 1 unspecified atom stereocenters. The Balaban J connectivity index is 2.03. The van der Waals surface area contributed by atoms with Gasteiger partial charge in [0, 0.05) is 6.54 Å². The zero-order chi connectivity index (χ0) is 18.0. The van der Waals surface area contributed by atoms with E-state index in [4.69, 9.17) is 9.26 Å².